The summed E-state index contributed by atoms with van der Waals surface area (Å²) in [6.07, 6.45) is 1.86. The summed E-state index contributed by atoms with van der Waals surface area (Å²) in [7, 11) is -4.13. The molecule has 3 rings (SSSR count). The maximum absolute atomic E-state index is 12.5. The van der Waals surface area contributed by atoms with Crippen LogP contribution in [0.5, 0.6) is 0 Å². The smallest absolute Gasteiger partial charge is 0.266 e. The van der Waals surface area contributed by atoms with Crippen LogP contribution < -0.4 is 10.0 Å². The Morgan fingerprint density at radius 2 is 1.55 bits per heavy atom. The second kappa shape index (κ2) is 9.96. The molecule has 0 unspecified atom stereocenters. The number of nitrogens with one attached hydrogen (secondary N) is 2. The summed E-state index contributed by atoms with van der Waals surface area (Å²) in [5.41, 5.74) is 1.80. The first-order chi connectivity index (χ1) is 14.9. The summed E-state index contributed by atoms with van der Waals surface area (Å²) in [5.74, 6) is -1.17. The molecule has 0 bridgehead atoms. The van der Waals surface area contributed by atoms with Gasteiger partial charge in [0.2, 0.25) is 0 Å². The lowest BCUT2D eigenvalue weighted by Crippen LogP contribution is -2.31. The highest BCUT2D eigenvalue weighted by atomic mass is 32.2. The molecule has 31 heavy (non-hydrogen) atoms. The number of aliphatic hydroxyl groups is 1. The molecule has 8 nitrogen and oxygen atoms in total. The van der Waals surface area contributed by atoms with Crippen molar-refractivity contribution in [3.63, 3.8) is 0 Å². The van der Waals surface area contributed by atoms with Crippen LogP contribution >= 0.6 is 0 Å². The van der Waals surface area contributed by atoms with Crippen molar-refractivity contribution in [1.82, 2.24) is 15.0 Å². The van der Waals surface area contributed by atoms with E-state index in [2.05, 4.69) is 10.3 Å². The molecular weight excluding hydrogens is 418 g/mol. The fourth-order valence-electron chi connectivity index (χ4n) is 2.74. The number of amides is 2. The van der Waals surface area contributed by atoms with Gasteiger partial charge in [-0.15, -0.1) is 0 Å². The van der Waals surface area contributed by atoms with Gasteiger partial charge in [0.15, 0.2) is 0 Å². The van der Waals surface area contributed by atoms with E-state index in [9.17, 15) is 18.0 Å². The van der Waals surface area contributed by atoms with Crippen molar-refractivity contribution in [2.75, 3.05) is 6.54 Å². The van der Waals surface area contributed by atoms with Crippen molar-refractivity contribution >= 4 is 21.8 Å². The Kier molecular flexibility index (Phi) is 7.11. The number of carbonyl (C=O) groups is 2. The van der Waals surface area contributed by atoms with E-state index in [0.717, 1.165) is 5.56 Å². The molecular formula is C22H21N3O5S. The van der Waals surface area contributed by atoms with Gasteiger partial charge in [0.1, 0.15) is 0 Å². The summed E-state index contributed by atoms with van der Waals surface area (Å²) in [6.45, 7) is 0.161. The van der Waals surface area contributed by atoms with Crippen molar-refractivity contribution < 1.29 is 23.1 Å². The normalized spacial score (nSPS) is 11.0. The van der Waals surface area contributed by atoms with Gasteiger partial charge < -0.3 is 10.4 Å². The minimum Gasteiger partial charge on any atom is -0.390 e. The minimum absolute atomic E-state index is 0.0372. The quantitative estimate of drug-likeness (QED) is 0.490. The fraction of sp³-hybridized carbons (Fsp3) is 0.136. The standard InChI is InChI=1S/C22H21N3O5S/c26-15-19-9-6-18(14-24-19)22(28)25-31(29,30)20-10-7-17(8-11-20)21(27)23-13-12-16-4-2-1-3-5-16/h1-11,14,26H,12-13,15H2,(H,23,27)(H,25,28). The van der Waals surface area contributed by atoms with E-state index in [1.165, 1.54) is 42.6 Å². The van der Waals surface area contributed by atoms with Crippen molar-refractivity contribution in [2.24, 2.45) is 0 Å². The van der Waals surface area contributed by atoms with Gasteiger partial charge in [0.05, 0.1) is 22.8 Å². The Balaban J connectivity index is 1.59. The Bertz CT molecular complexity index is 1150. The molecule has 160 valence electrons. The highest BCUT2D eigenvalue weighted by Crippen LogP contribution is 2.12. The van der Waals surface area contributed by atoms with Gasteiger partial charge >= 0.3 is 0 Å². The number of hydrogen-bond acceptors (Lipinski definition) is 6. The van der Waals surface area contributed by atoms with Crippen LogP contribution in [0.2, 0.25) is 0 Å². The van der Waals surface area contributed by atoms with Crippen LogP contribution in [0.25, 0.3) is 0 Å². The third-order valence-corrected chi connectivity index (χ3v) is 5.79. The van der Waals surface area contributed by atoms with Gasteiger partial charge in [0.25, 0.3) is 21.8 Å². The monoisotopic (exact) mass is 439 g/mol. The van der Waals surface area contributed by atoms with Crippen molar-refractivity contribution in [3.05, 3.63) is 95.3 Å². The molecule has 0 saturated carbocycles. The molecule has 0 fully saturated rings. The lowest BCUT2D eigenvalue weighted by Gasteiger charge is -2.09. The van der Waals surface area contributed by atoms with Crippen molar-refractivity contribution in [2.45, 2.75) is 17.9 Å². The predicted octanol–water partition coefficient (Wildman–Crippen LogP) is 1.67. The number of hydrogen-bond donors (Lipinski definition) is 3. The molecule has 3 N–H and O–H groups in total. The number of nitrogens with zero attached hydrogens (tertiary/aromatic N) is 1. The Morgan fingerprint density at radius 3 is 2.16 bits per heavy atom. The Labute approximate surface area is 180 Å². The van der Waals surface area contributed by atoms with Crippen molar-refractivity contribution in [1.29, 1.82) is 0 Å². The van der Waals surface area contributed by atoms with E-state index in [1.807, 2.05) is 35.1 Å². The molecule has 0 radical (unpaired) electrons. The van der Waals surface area contributed by atoms with Gasteiger partial charge in [-0.1, -0.05) is 30.3 Å². The Morgan fingerprint density at radius 1 is 0.871 bits per heavy atom. The molecule has 2 aromatic carbocycles. The van der Waals surface area contributed by atoms with E-state index in [4.69, 9.17) is 5.11 Å². The van der Waals surface area contributed by atoms with Crippen LogP contribution in [-0.4, -0.2) is 36.9 Å². The summed E-state index contributed by atoms with van der Waals surface area (Å²) in [4.78, 5) is 28.1. The van der Waals surface area contributed by atoms with E-state index in [0.29, 0.717) is 24.2 Å². The van der Waals surface area contributed by atoms with E-state index >= 15 is 0 Å². The zero-order valence-electron chi connectivity index (χ0n) is 16.5. The number of carbonyl (C=O) groups excluding carboxylic acids is 2. The number of aromatic nitrogens is 1. The largest absolute Gasteiger partial charge is 0.390 e. The van der Waals surface area contributed by atoms with E-state index in [1.54, 1.807) is 0 Å². The maximum atomic E-state index is 12.5. The first kappa shape index (κ1) is 22.1. The SMILES string of the molecule is O=C(NCCc1ccccc1)c1ccc(S(=O)(=O)NC(=O)c2ccc(CO)nc2)cc1. The summed E-state index contributed by atoms with van der Waals surface area (Å²) < 4.78 is 26.9. The molecule has 0 atom stereocenters. The van der Waals surface area contributed by atoms with E-state index in [-0.39, 0.29) is 23.0 Å². The van der Waals surface area contributed by atoms with Gasteiger partial charge in [-0.05, 0) is 48.4 Å². The zero-order chi connectivity index (χ0) is 22.3. The molecule has 0 aliphatic rings. The first-order valence-electron chi connectivity index (χ1n) is 9.44. The number of sulfonamides is 1. The van der Waals surface area contributed by atoms with Gasteiger partial charge in [0, 0.05) is 18.3 Å². The molecule has 0 saturated heterocycles. The third kappa shape index (κ3) is 5.97. The molecule has 9 heteroatoms. The van der Waals surface area contributed by atoms with Gasteiger partial charge in [-0.2, -0.15) is 0 Å². The average Bonchev–Trinajstić information content (AvgIpc) is 2.79. The third-order valence-electron chi connectivity index (χ3n) is 4.44. The van der Waals surface area contributed by atoms with Crippen LogP contribution in [0.4, 0.5) is 0 Å². The molecule has 1 heterocycles. The van der Waals surface area contributed by atoms with Crippen LogP contribution in [0.15, 0.2) is 77.8 Å². The topological polar surface area (TPSA) is 125 Å². The molecule has 0 aliphatic carbocycles. The fourth-order valence-corrected chi connectivity index (χ4v) is 3.72. The first-order valence-corrected chi connectivity index (χ1v) is 10.9. The number of rotatable bonds is 8. The molecule has 2 amide bonds. The highest BCUT2D eigenvalue weighted by Gasteiger charge is 2.19. The van der Waals surface area contributed by atoms with E-state index < -0.39 is 15.9 Å². The van der Waals surface area contributed by atoms with Gasteiger partial charge in [-0.25, -0.2) is 13.1 Å². The summed E-state index contributed by atoms with van der Waals surface area (Å²) in [6, 6.07) is 17.8. The maximum Gasteiger partial charge on any atom is 0.266 e. The lowest BCUT2D eigenvalue weighted by atomic mass is 10.1. The van der Waals surface area contributed by atoms with Gasteiger partial charge in [-0.3, -0.25) is 14.6 Å². The summed E-state index contributed by atoms with van der Waals surface area (Å²) in [5, 5.41) is 11.8. The minimum atomic E-state index is -4.13. The number of benzene rings is 2. The van der Waals surface area contributed by atoms with Crippen LogP contribution in [0.1, 0.15) is 32.0 Å². The number of aliphatic hydroxyl groups excluding tert-OH is 1. The molecule has 1 aromatic heterocycles. The average molecular weight is 439 g/mol. The van der Waals surface area contributed by atoms with Crippen molar-refractivity contribution in [3.8, 4) is 0 Å². The molecule has 0 spiro atoms. The Hall–Kier alpha value is -3.56. The molecule has 3 aromatic rings. The van der Waals surface area contributed by atoms with Crippen LogP contribution in [0, 0.1) is 0 Å². The second-order valence-electron chi connectivity index (χ2n) is 6.65. The molecule has 0 aliphatic heterocycles. The zero-order valence-corrected chi connectivity index (χ0v) is 17.3. The summed E-state index contributed by atoms with van der Waals surface area (Å²) >= 11 is 0. The number of pyridine rings is 1. The van der Waals surface area contributed by atoms with Crippen LogP contribution in [0.3, 0.4) is 0 Å². The highest BCUT2D eigenvalue weighted by molar-refractivity contribution is 7.90. The second-order valence-corrected chi connectivity index (χ2v) is 8.33. The predicted molar refractivity (Wildman–Crippen MR) is 114 cm³/mol. The lowest BCUT2D eigenvalue weighted by molar-refractivity contribution is 0.0951. The van der Waals surface area contributed by atoms with Crippen LogP contribution in [-0.2, 0) is 23.1 Å².